The molecule has 0 unspecified atom stereocenters. The summed E-state index contributed by atoms with van der Waals surface area (Å²) < 4.78 is 3.80. The second-order valence-electron chi connectivity index (χ2n) is 4.97. The summed E-state index contributed by atoms with van der Waals surface area (Å²) in [7, 11) is 0. The Morgan fingerprint density at radius 2 is 2.16 bits per heavy atom. The lowest BCUT2D eigenvalue weighted by Gasteiger charge is -2.08. The fraction of sp³-hybridized carbons (Fsp3) is 0.615. The highest BCUT2D eigenvalue weighted by Gasteiger charge is 2.13. The van der Waals surface area contributed by atoms with Crippen molar-refractivity contribution < 1.29 is 4.79 Å². The normalized spacial score (nSPS) is 11.4. The second kappa shape index (κ2) is 5.42. The zero-order chi connectivity index (χ0) is 14.0. The van der Waals surface area contributed by atoms with Gasteiger partial charge in [0, 0.05) is 19.0 Å². The molecule has 2 aromatic rings. The third-order valence-electron chi connectivity index (χ3n) is 3.01. The maximum Gasteiger partial charge on any atom is 0.222 e. The summed E-state index contributed by atoms with van der Waals surface area (Å²) in [6.07, 6.45) is 2.25. The van der Waals surface area contributed by atoms with Crippen LogP contribution in [-0.4, -0.2) is 31.5 Å². The first-order chi connectivity index (χ1) is 9.02. The SMILES string of the molecule is CCn1nc(C)c2c1cnn2CCC(=O)NC(C)C. The van der Waals surface area contributed by atoms with Gasteiger partial charge >= 0.3 is 0 Å². The number of fused-ring (bicyclic) bond motifs is 1. The number of aryl methyl sites for hydroxylation is 3. The summed E-state index contributed by atoms with van der Waals surface area (Å²) in [5.41, 5.74) is 3.02. The quantitative estimate of drug-likeness (QED) is 0.888. The van der Waals surface area contributed by atoms with Crippen molar-refractivity contribution in [2.45, 2.75) is 53.2 Å². The van der Waals surface area contributed by atoms with E-state index in [2.05, 4.69) is 22.4 Å². The van der Waals surface area contributed by atoms with Crippen LogP contribution in [0, 0.1) is 6.92 Å². The van der Waals surface area contributed by atoms with Gasteiger partial charge < -0.3 is 5.32 Å². The molecule has 0 aliphatic heterocycles. The van der Waals surface area contributed by atoms with Crippen LogP contribution in [0.1, 0.15) is 32.9 Å². The Balaban J connectivity index is 2.13. The third-order valence-corrected chi connectivity index (χ3v) is 3.01. The first kappa shape index (κ1) is 13.6. The predicted molar refractivity (Wildman–Crippen MR) is 73.8 cm³/mol. The van der Waals surface area contributed by atoms with E-state index in [4.69, 9.17) is 0 Å². The van der Waals surface area contributed by atoms with Gasteiger partial charge in [-0.25, -0.2) is 0 Å². The van der Waals surface area contributed by atoms with Gasteiger partial charge in [-0.2, -0.15) is 10.2 Å². The molecule has 0 radical (unpaired) electrons. The first-order valence-electron chi connectivity index (χ1n) is 6.71. The highest BCUT2D eigenvalue weighted by molar-refractivity contribution is 5.78. The maximum absolute atomic E-state index is 11.7. The van der Waals surface area contributed by atoms with Crippen molar-refractivity contribution in [1.82, 2.24) is 24.9 Å². The number of hydrogen-bond acceptors (Lipinski definition) is 3. The molecular weight excluding hydrogens is 242 g/mol. The van der Waals surface area contributed by atoms with Gasteiger partial charge in [-0.3, -0.25) is 14.2 Å². The molecule has 2 rings (SSSR count). The molecule has 0 atom stereocenters. The Labute approximate surface area is 112 Å². The standard InChI is InChI=1S/C13H21N5O/c1-5-17-11-8-14-18(13(11)10(4)16-17)7-6-12(19)15-9(2)3/h8-9H,5-7H2,1-4H3,(H,15,19). The monoisotopic (exact) mass is 263 g/mol. The molecule has 2 heterocycles. The van der Waals surface area contributed by atoms with Gasteiger partial charge in [0.1, 0.15) is 11.0 Å². The van der Waals surface area contributed by atoms with Crippen molar-refractivity contribution in [2.24, 2.45) is 0 Å². The van der Waals surface area contributed by atoms with Gasteiger partial charge in [-0.1, -0.05) is 0 Å². The Bertz CT molecular complexity index is 581. The number of rotatable bonds is 5. The van der Waals surface area contributed by atoms with Crippen molar-refractivity contribution in [3.05, 3.63) is 11.9 Å². The largest absolute Gasteiger partial charge is 0.354 e. The maximum atomic E-state index is 11.7. The molecule has 0 saturated carbocycles. The Kier molecular flexibility index (Phi) is 3.87. The van der Waals surface area contributed by atoms with E-state index in [0.29, 0.717) is 13.0 Å². The van der Waals surface area contributed by atoms with E-state index in [-0.39, 0.29) is 11.9 Å². The average Bonchev–Trinajstić information content (AvgIpc) is 2.88. The summed E-state index contributed by atoms with van der Waals surface area (Å²) in [6.45, 7) is 9.35. The second-order valence-corrected chi connectivity index (χ2v) is 4.97. The molecule has 6 heteroatoms. The topological polar surface area (TPSA) is 64.7 Å². The summed E-state index contributed by atoms with van der Waals surface area (Å²) in [5.74, 6) is 0.0548. The van der Waals surface area contributed by atoms with Crippen molar-refractivity contribution in [1.29, 1.82) is 0 Å². The van der Waals surface area contributed by atoms with Gasteiger partial charge in [-0.15, -0.1) is 0 Å². The van der Waals surface area contributed by atoms with Gasteiger partial charge in [0.2, 0.25) is 5.91 Å². The molecule has 1 N–H and O–H groups in total. The number of aromatic nitrogens is 4. The molecule has 0 fully saturated rings. The van der Waals surface area contributed by atoms with E-state index < -0.39 is 0 Å². The molecule has 0 aromatic carbocycles. The zero-order valence-electron chi connectivity index (χ0n) is 12.0. The lowest BCUT2D eigenvalue weighted by molar-refractivity contribution is -0.121. The lowest BCUT2D eigenvalue weighted by atomic mass is 10.3. The molecular formula is C13H21N5O. The number of nitrogens with zero attached hydrogens (tertiary/aromatic N) is 4. The number of hydrogen-bond donors (Lipinski definition) is 1. The summed E-state index contributed by atoms with van der Waals surface area (Å²) in [5, 5.41) is 11.7. The number of carbonyl (C=O) groups excluding carboxylic acids is 1. The Hall–Kier alpha value is -1.85. The van der Waals surface area contributed by atoms with Crippen molar-refractivity contribution in [2.75, 3.05) is 0 Å². The molecule has 6 nitrogen and oxygen atoms in total. The highest BCUT2D eigenvalue weighted by atomic mass is 16.1. The molecule has 0 saturated heterocycles. The van der Waals surface area contributed by atoms with Gasteiger partial charge in [0.15, 0.2) is 0 Å². The lowest BCUT2D eigenvalue weighted by Crippen LogP contribution is -2.30. The molecule has 0 aliphatic rings. The minimum atomic E-state index is 0.0548. The Morgan fingerprint density at radius 1 is 1.42 bits per heavy atom. The van der Waals surface area contributed by atoms with E-state index in [9.17, 15) is 4.79 Å². The summed E-state index contributed by atoms with van der Waals surface area (Å²) in [6, 6.07) is 0.176. The minimum absolute atomic E-state index is 0.0548. The van der Waals surface area contributed by atoms with E-state index in [1.165, 1.54) is 0 Å². The third kappa shape index (κ3) is 2.77. The van der Waals surface area contributed by atoms with Crippen LogP contribution in [0.4, 0.5) is 0 Å². The number of carbonyl (C=O) groups is 1. The van der Waals surface area contributed by atoms with Crippen LogP contribution in [0.2, 0.25) is 0 Å². The Morgan fingerprint density at radius 3 is 2.79 bits per heavy atom. The summed E-state index contributed by atoms with van der Waals surface area (Å²) >= 11 is 0. The fourth-order valence-electron chi connectivity index (χ4n) is 2.23. The van der Waals surface area contributed by atoms with Crippen LogP contribution in [0.15, 0.2) is 6.20 Å². The van der Waals surface area contributed by atoms with E-state index in [1.54, 1.807) is 0 Å². The summed E-state index contributed by atoms with van der Waals surface area (Å²) in [4.78, 5) is 11.7. The van der Waals surface area contributed by atoms with Crippen molar-refractivity contribution in [3.63, 3.8) is 0 Å². The van der Waals surface area contributed by atoms with E-state index >= 15 is 0 Å². The van der Waals surface area contributed by atoms with Gasteiger partial charge in [0.05, 0.1) is 18.4 Å². The fourth-order valence-corrected chi connectivity index (χ4v) is 2.23. The molecule has 0 aliphatic carbocycles. The molecule has 19 heavy (non-hydrogen) atoms. The van der Waals surface area contributed by atoms with Crippen LogP contribution in [0.25, 0.3) is 11.0 Å². The first-order valence-corrected chi connectivity index (χ1v) is 6.71. The van der Waals surface area contributed by atoms with Crippen molar-refractivity contribution >= 4 is 16.9 Å². The van der Waals surface area contributed by atoms with Crippen LogP contribution in [-0.2, 0) is 17.9 Å². The molecule has 1 amide bonds. The minimum Gasteiger partial charge on any atom is -0.354 e. The highest BCUT2D eigenvalue weighted by Crippen LogP contribution is 2.17. The van der Waals surface area contributed by atoms with Crippen LogP contribution >= 0.6 is 0 Å². The van der Waals surface area contributed by atoms with Crippen LogP contribution in [0.5, 0.6) is 0 Å². The molecule has 0 spiro atoms. The van der Waals surface area contributed by atoms with E-state index in [0.717, 1.165) is 23.3 Å². The smallest absolute Gasteiger partial charge is 0.222 e. The number of amides is 1. The van der Waals surface area contributed by atoms with E-state index in [1.807, 2.05) is 36.3 Å². The molecule has 2 aromatic heterocycles. The average molecular weight is 263 g/mol. The van der Waals surface area contributed by atoms with Gasteiger partial charge in [0.25, 0.3) is 0 Å². The zero-order valence-corrected chi connectivity index (χ0v) is 12.0. The molecule has 0 bridgehead atoms. The van der Waals surface area contributed by atoms with Crippen molar-refractivity contribution in [3.8, 4) is 0 Å². The van der Waals surface area contributed by atoms with Gasteiger partial charge in [-0.05, 0) is 27.7 Å². The number of nitrogens with one attached hydrogen (secondary N) is 1. The van der Waals surface area contributed by atoms with Crippen LogP contribution < -0.4 is 5.32 Å². The predicted octanol–water partition coefficient (Wildman–Crippen LogP) is 1.48. The molecule has 104 valence electrons. The van der Waals surface area contributed by atoms with Crippen LogP contribution in [0.3, 0.4) is 0 Å².